The Morgan fingerprint density at radius 1 is 1.32 bits per heavy atom. The first kappa shape index (κ1) is 16.6. The van der Waals surface area contributed by atoms with E-state index in [1.807, 2.05) is 25.3 Å². The number of hydrogen-bond acceptors (Lipinski definition) is 4. The predicted molar refractivity (Wildman–Crippen MR) is 91.8 cm³/mol. The minimum Gasteiger partial charge on any atom is -0.298 e. The third-order valence-corrected chi connectivity index (χ3v) is 4.41. The summed E-state index contributed by atoms with van der Waals surface area (Å²) < 4.78 is 0. The van der Waals surface area contributed by atoms with Crippen molar-refractivity contribution in [3.8, 4) is 0 Å². The van der Waals surface area contributed by atoms with Crippen molar-refractivity contribution < 1.29 is 4.79 Å². The van der Waals surface area contributed by atoms with Gasteiger partial charge in [0.05, 0.1) is 11.3 Å². The Labute approximate surface area is 136 Å². The lowest BCUT2D eigenvalue weighted by molar-refractivity contribution is 0.102. The summed E-state index contributed by atoms with van der Waals surface area (Å²) in [6, 6.07) is 3.81. The summed E-state index contributed by atoms with van der Waals surface area (Å²) in [6.07, 6.45) is 4.65. The number of pyridine rings is 1. The van der Waals surface area contributed by atoms with Gasteiger partial charge in [-0.1, -0.05) is 34.1 Å². The molecule has 0 fully saturated rings. The Morgan fingerprint density at radius 2 is 2.09 bits per heavy atom. The second-order valence-electron chi connectivity index (χ2n) is 5.57. The monoisotopic (exact) mass is 317 g/mol. The molecule has 22 heavy (non-hydrogen) atoms. The van der Waals surface area contributed by atoms with Crippen LogP contribution in [0, 0.1) is 0 Å². The number of carbonyl (C=O) groups is 1. The number of rotatable bonds is 6. The van der Waals surface area contributed by atoms with E-state index in [1.54, 1.807) is 0 Å². The molecule has 0 bridgehead atoms. The van der Waals surface area contributed by atoms with Crippen LogP contribution in [0.15, 0.2) is 18.3 Å². The van der Waals surface area contributed by atoms with Crippen LogP contribution in [0.25, 0.3) is 0 Å². The van der Waals surface area contributed by atoms with Crippen LogP contribution in [0.1, 0.15) is 66.7 Å². The molecule has 0 radical (unpaired) electrons. The van der Waals surface area contributed by atoms with Crippen molar-refractivity contribution in [3.63, 3.8) is 0 Å². The summed E-state index contributed by atoms with van der Waals surface area (Å²) in [7, 11) is 0. The number of carbonyl (C=O) groups excluding carboxylic acids is 1. The van der Waals surface area contributed by atoms with Crippen LogP contribution in [-0.4, -0.2) is 15.9 Å². The lowest BCUT2D eigenvalue weighted by Crippen LogP contribution is -2.15. The van der Waals surface area contributed by atoms with E-state index in [0.29, 0.717) is 16.6 Å². The molecular weight excluding hydrogens is 294 g/mol. The summed E-state index contributed by atoms with van der Waals surface area (Å²) in [5, 5.41) is 3.54. The summed E-state index contributed by atoms with van der Waals surface area (Å²) in [4.78, 5) is 22.5. The number of aryl methyl sites for hydroxylation is 2. The number of nitrogens with one attached hydrogen (secondary N) is 1. The molecule has 0 aliphatic carbocycles. The number of nitrogens with zero attached hydrogens (tertiary/aromatic N) is 2. The second kappa shape index (κ2) is 7.49. The molecular formula is C17H23N3OS. The number of aromatic nitrogens is 2. The lowest BCUT2D eigenvalue weighted by Gasteiger charge is -2.11. The molecule has 0 saturated carbocycles. The number of anilines is 1. The van der Waals surface area contributed by atoms with Gasteiger partial charge in [-0.2, -0.15) is 0 Å². The normalized spacial score (nSPS) is 11.0. The van der Waals surface area contributed by atoms with Crippen LogP contribution in [-0.2, 0) is 12.8 Å². The molecule has 5 heteroatoms. The highest BCUT2D eigenvalue weighted by Gasteiger charge is 2.15. The second-order valence-corrected chi connectivity index (χ2v) is 6.69. The quantitative estimate of drug-likeness (QED) is 0.857. The van der Waals surface area contributed by atoms with Crippen LogP contribution in [0.5, 0.6) is 0 Å². The van der Waals surface area contributed by atoms with Gasteiger partial charge in [-0.15, -0.1) is 11.3 Å². The zero-order chi connectivity index (χ0) is 16.1. The van der Waals surface area contributed by atoms with E-state index >= 15 is 0 Å². The van der Waals surface area contributed by atoms with Gasteiger partial charge in [-0.05, 0) is 30.9 Å². The Bertz CT molecular complexity index is 649. The molecule has 4 nitrogen and oxygen atoms in total. The highest BCUT2D eigenvalue weighted by molar-refractivity contribution is 7.15. The average molecular weight is 317 g/mol. The van der Waals surface area contributed by atoms with E-state index in [0.717, 1.165) is 30.7 Å². The summed E-state index contributed by atoms with van der Waals surface area (Å²) in [6.45, 7) is 8.36. The standard InChI is InChI=1S/C17H23N3OS/c1-5-7-12-10-18-17(22-12)20-16(21)13-8-9-15(11(3)4)19-14(13)6-2/h8-11H,5-7H2,1-4H3,(H,18,20,21). The van der Waals surface area contributed by atoms with Gasteiger partial charge in [-0.25, -0.2) is 4.98 Å². The zero-order valence-electron chi connectivity index (χ0n) is 13.6. The lowest BCUT2D eigenvalue weighted by atomic mass is 10.1. The largest absolute Gasteiger partial charge is 0.298 e. The zero-order valence-corrected chi connectivity index (χ0v) is 14.5. The first-order valence-electron chi connectivity index (χ1n) is 7.81. The van der Waals surface area contributed by atoms with Crippen molar-refractivity contribution in [1.29, 1.82) is 0 Å². The maximum atomic E-state index is 12.5. The molecule has 2 heterocycles. The maximum Gasteiger partial charge on any atom is 0.259 e. The molecule has 0 saturated heterocycles. The van der Waals surface area contributed by atoms with Gasteiger partial charge >= 0.3 is 0 Å². The maximum absolute atomic E-state index is 12.5. The molecule has 0 spiro atoms. The molecule has 2 aromatic rings. The number of thiazole rings is 1. The van der Waals surface area contributed by atoms with Gasteiger partial charge in [0.2, 0.25) is 0 Å². The van der Waals surface area contributed by atoms with Crippen molar-refractivity contribution >= 4 is 22.4 Å². The van der Waals surface area contributed by atoms with Gasteiger partial charge < -0.3 is 0 Å². The summed E-state index contributed by atoms with van der Waals surface area (Å²) >= 11 is 1.54. The van der Waals surface area contributed by atoms with Crippen molar-refractivity contribution in [2.45, 2.75) is 52.9 Å². The number of hydrogen-bond donors (Lipinski definition) is 1. The van der Waals surface area contributed by atoms with Gasteiger partial charge in [0.1, 0.15) is 0 Å². The van der Waals surface area contributed by atoms with E-state index in [-0.39, 0.29) is 5.91 Å². The Kier molecular flexibility index (Phi) is 5.66. The van der Waals surface area contributed by atoms with Crippen LogP contribution in [0.4, 0.5) is 5.13 Å². The fourth-order valence-electron chi connectivity index (χ4n) is 2.21. The molecule has 0 aromatic carbocycles. The molecule has 0 aliphatic rings. The fourth-order valence-corrected chi connectivity index (χ4v) is 3.12. The van der Waals surface area contributed by atoms with Crippen molar-refractivity contribution in [2.24, 2.45) is 0 Å². The molecule has 2 aromatic heterocycles. The highest BCUT2D eigenvalue weighted by Crippen LogP contribution is 2.21. The Morgan fingerprint density at radius 3 is 2.73 bits per heavy atom. The van der Waals surface area contributed by atoms with Crippen molar-refractivity contribution in [3.05, 3.63) is 40.2 Å². The van der Waals surface area contributed by atoms with Gasteiger partial charge in [0.25, 0.3) is 5.91 Å². The van der Waals surface area contributed by atoms with Crippen molar-refractivity contribution in [2.75, 3.05) is 5.32 Å². The minimum atomic E-state index is -0.128. The molecule has 0 aliphatic heterocycles. The first-order valence-corrected chi connectivity index (χ1v) is 8.62. The van der Waals surface area contributed by atoms with E-state index in [9.17, 15) is 4.79 Å². The van der Waals surface area contributed by atoms with Crippen molar-refractivity contribution in [1.82, 2.24) is 9.97 Å². The molecule has 0 atom stereocenters. The highest BCUT2D eigenvalue weighted by atomic mass is 32.1. The van der Waals surface area contributed by atoms with Crippen LogP contribution >= 0.6 is 11.3 Å². The first-order chi connectivity index (χ1) is 10.5. The summed E-state index contributed by atoms with van der Waals surface area (Å²) in [5.41, 5.74) is 2.50. The molecule has 0 unspecified atom stereocenters. The van der Waals surface area contributed by atoms with Gasteiger partial charge in [-0.3, -0.25) is 15.1 Å². The van der Waals surface area contributed by atoms with E-state index < -0.39 is 0 Å². The Hall–Kier alpha value is -1.75. The Balaban J connectivity index is 2.17. The molecule has 118 valence electrons. The SMILES string of the molecule is CCCc1cnc(NC(=O)c2ccc(C(C)C)nc2CC)s1. The van der Waals surface area contributed by atoms with E-state index in [4.69, 9.17) is 0 Å². The third kappa shape index (κ3) is 3.91. The van der Waals surface area contributed by atoms with Gasteiger partial charge in [0.15, 0.2) is 5.13 Å². The fraction of sp³-hybridized carbons (Fsp3) is 0.471. The van der Waals surface area contributed by atoms with Crippen LogP contribution in [0.2, 0.25) is 0 Å². The van der Waals surface area contributed by atoms with E-state index in [2.05, 4.69) is 36.1 Å². The average Bonchev–Trinajstić information content (AvgIpc) is 2.94. The molecule has 1 amide bonds. The molecule has 2 rings (SSSR count). The number of amides is 1. The third-order valence-electron chi connectivity index (χ3n) is 3.44. The van der Waals surface area contributed by atoms with Crippen LogP contribution in [0.3, 0.4) is 0 Å². The minimum absolute atomic E-state index is 0.128. The van der Waals surface area contributed by atoms with Crippen LogP contribution < -0.4 is 5.32 Å². The predicted octanol–water partition coefficient (Wildman–Crippen LogP) is 4.43. The summed E-state index contributed by atoms with van der Waals surface area (Å²) in [5.74, 6) is 0.232. The van der Waals surface area contributed by atoms with Gasteiger partial charge in [0, 0.05) is 16.8 Å². The van der Waals surface area contributed by atoms with E-state index in [1.165, 1.54) is 16.2 Å². The smallest absolute Gasteiger partial charge is 0.259 e. The topological polar surface area (TPSA) is 54.9 Å². The molecule has 1 N–H and O–H groups in total.